The van der Waals surface area contributed by atoms with Crippen LogP contribution in [0.4, 0.5) is 13.2 Å². The summed E-state index contributed by atoms with van der Waals surface area (Å²) >= 11 is 0. The maximum Gasteiger partial charge on any atom is 0.389 e. The number of alkyl halides is 3. The van der Waals surface area contributed by atoms with E-state index in [9.17, 15) is 13.2 Å². The van der Waals surface area contributed by atoms with Crippen LogP contribution in [0.2, 0.25) is 0 Å². The van der Waals surface area contributed by atoms with Gasteiger partial charge in [-0.25, -0.2) is 0 Å². The molecule has 1 aliphatic carbocycles. The van der Waals surface area contributed by atoms with Gasteiger partial charge in [-0.05, 0) is 24.7 Å². The van der Waals surface area contributed by atoms with Crippen molar-refractivity contribution in [2.45, 2.75) is 32.4 Å². The maximum absolute atomic E-state index is 11.7. The van der Waals surface area contributed by atoms with E-state index in [1.165, 1.54) is 0 Å². The Kier molecular flexibility index (Phi) is 1.92. The molecule has 0 radical (unpaired) electrons. The predicted octanol–water partition coefficient (Wildman–Crippen LogP) is 2.98. The Bertz CT molecular complexity index is 113. The minimum absolute atomic E-state index is 0.153. The smallest absolute Gasteiger partial charge is 0.171 e. The van der Waals surface area contributed by atoms with Gasteiger partial charge in [0.05, 0.1) is 0 Å². The molecule has 1 unspecified atom stereocenters. The van der Waals surface area contributed by atoms with Gasteiger partial charge in [-0.3, -0.25) is 0 Å². The molecule has 0 heterocycles. The molecule has 0 aromatic heterocycles. The van der Waals surface area contributed by atoms with Crippen LogP contribution < -0.4 is 0 Å². The van der Waals surface area contributed by atoms with Crippen LogP contribution in [0.5, 0.6) is 0 Å². The van der Waals surface area contributed by atoms with Crippen molar-refractivity contribution in [2.24, 2.45) is 11.8 Å². The summed E-state index contributed by atoms with van der Waals surface area (Å²) in [5, 5.41) is 0. The first-order chi connectivity index (χ1) is 4.49. The first-order valence-electron chi connectivity index (χ1n) is 3.56. The lowest BCUT2D eigenvalue weighted by Crippen LogP contribution is -2.13. The van der Waals surface area contributed by atoms with Crippen molar-refractivity contribution in [2.75, 3.05) is 0 Å². The van der Waals surface area contributed by atoms with Gasteiger partial charge in [0.25, 0.3) is 0 Å². The van der Waals surface area contributed by atoms with Crippen LogP contribution in [0, 0.1) is 11.8 Å². The molecule has 1 saturated carbocycles. The summed E-state index contributed by atoms with van der Waals surface area (Å²) in [5.41, 5.74) is 0. The molecule has 0 amide bonds. The number of hydrogen-bond acceptors (Lipinski definition) is 0. The zero-order valence-electron chi connectivity index (χ0n) is 5.91. The lowest BCUT2D eigenvalue weighted by molar-refractivity contribution is -0.144. The van der Waals surface area contributed by atoms with Gasteiger partial charge in [-0.1, -0.05) is 6.92 Å². The van der Waals surface area contributed by atoms with Crippen LogP contribution in [0.15, 0.2) is 0 Å². The minimum Gasteiger partial charge on any atom is -0.171 e. The second kappa shape index (κ2) is 2.44. The molecule has 0 spiro atoms. The van der Waals surface area contributed by atoms with Crippen molar-refractivity contribution in [1.82, 2.24) is 0 Å². The zero-order valence-corrected chi connectivity index (χ0v) is 5.91. The summed E-state index contributed by atoms with van der Waals surface area (Å²) in [7, 11) is 0. The summed E-state index contributed by atoms with van der Waals surface area (Å²) in [6, 6.07) is 0. The summed E-state index contributed by atoms with van der Waals surface area (Å²) in [4.78, 5) is 0. The molecule has 0 bridgehead atoms. The van der Waals surface area contributed by atoms with Crippen LogP contribution in [-0.4, -0.2) is 6.18 Å². The fourth-order valence-corrected chi connectivity index (χ4v) is 1.20. The lowest BCUT2D eigenvalue weighted by atomic mass is 10.0. The molecule has 3 heteroatoms. The Morgan fingerprint density at radius 3 is 2.20 bits per heavy atom. The fraction of sp³-hybridized carbons (Fsp3) is 1.00. The van der Waals surface area contributed by atoms with Gasteiger partial charge >= 0.3 is 6.18 Å². The molecule has 0 N–H and O–H groups in total. The quantitative estimate of drug-likeness (QED) is 0.570. The van der Waals surface area contributed by atoms with E-state index in [-0.39, 0.29) is 5.92 Å². The molecule has 0 saturated heterocycles. The standard InChI is InChI=1S/C7H11F3/c1-5(6-2-3-6)4-7(8,9)10/h5-6H,2-4H2,1H3. The van der Waals surface area contributed by atoms with Crippen LogP contribution in [0.25, 0.3) is 0 Å². The SMILES string of the molecule is CC(CC(F)(F)F)C1CC1. The molecule has 1 fully saturated rings. The van der Waals surface area contributed by atoms with E-state index in [0.717, 1.165) is 12.8 Å². The number of hydrogen-bond donors (Lipinski definition) is 0. The molecular weight excluding hydrogens is 141 g/mol. The first-order valence-corrected chi connectivity index (χ1v) is 3.56. The van der Waals surface area contributed by atoms with E-state index in [2.05, 4.69) is 0 Å². The second-order valence-electron chi connectivity index (χ2n) is 3.13. The van der Waals surface area contributed by atoms with Crippen molar-refractivity contribution >= 4 is 0 Å². The first kappa shape index (κ1) is 7.89. The van der Waals surface area contributed by atoms with E-state index >= 15 is 0 Å². The topological polar surface area (TPSA) is 0 Å². The van der Waals surface area contributed by atoms with E-state index < -0.39 is 12.6 Å². The molecule has 0 aliphatic heterocycles. The van der Waals surface area contributed by atoms with Crippen molar-refractivity contribution in [3.8, 4) is 0 Å². The number of rotatable bonds is 2. The van der Waals surface area contributed by atoms with Gasteiger partial charge in [0.2, 0.25) is 0 Å². The van der Waals surface area contributed by atoms with Crippen LogP contribution >= 0.6 is 0 Å². The Morgan fingerprint density at radius 2 is 1.90 bits per heavy atom. The summed E-state index contributed by atoms with van der Waals surface area (Å²) in [6.07, 6.45) is -2.56. The largest absolute Gasteiger partial charge is 0.389 e. The highest BCUT2D eigenvalue weighted by Gasteiger charge is 2.37. The second-order valence-corrected chi connectivity index (χ2v) is 3.13. The average Bonchev–Trinajstić information content (AvgIpc) is 2.35. The third-order valence-electron chi connectivity index (χ3n) is 1.98. The summed E-state index contributed by atoms with van der Waals surface area (Å²) < 4.78 is 35.1. The van der Waals surface area contributed by atoms with E-state index in [1.54, 1.807) is 6.92 Å². The highest BCUT2D eigenvalue weighted by atomic mass is 19.4. The third kappa shape index (κ3) is 2.58. The van der Waals surface area contributed by atoms with Crippen molar-refractivity contribution in [1.29, 1.82) is 0 Å². The van der Waals surface area contributed by atoms with Crippen LogP contribution in [0.1, 0.15) is 26.2 Å². The molecular formula is C7H11F3. The highest BCUT2D eigenvalue weighted by Crippen LogP contribution is 2.41. The van der Waals surface area contributed by atoms with Gasteiger partial charge < -0.3 is 0 Å². The molecule has 1 rings (SSSR count). The molecule has 1 atom stereocenters. The van der Waals surface area contributed by atoms with E-state index in [1.807, 2.05) is 0 Å². The monoisotopic (exact) mass is 152 g/mol. The van der Waals surface area contributed by atoms with Crippen LogP contribution in [0.3, 0.4) is 0 Å². The van der Waals surface area contributed by atoms with Crippen molar-refractivity contribution < 1.29 is 13.2 Å². The van der Waals surface area contributed by atoms with Gasteiger partial charge in [-0.2, -0.15) is 13.2 Å². The fourth-order valence-electron chi connectivity index (χ4n) is 1.20. The molecule has 0 aromatic carbocycles. The van der Waals surface area contributed by atoms with Crippen LogP contribution in [-0.2, 0) is 0 Å². The normalized spacial score (nSPS) is 22.8. The molecule has 1 aliphatic rings. The number of halogens is 3. The summed E-state index contributed by atoms with van der Waals surface area (Å²) in [6.45, 7) is 1.69. The molecule has 0 aromatic rings. The molecule has 10 heavy (non-hydrogen) atoms. The Hall–Kier alpha value is -0.210. The Labute approximate surface area is 58.4 Å². The van der Waals surface area contributed by atoms with Gasteiger partial charge in [-0.15, -0.1) is 0 Å². The minimum atomic E-state index is -3.96. The Balaban J connectivity index is 2.23. The maximum atomic E-state index is 11.7. The average molecular weight is 152 g/mol. The zero-order chi connectivity index (χ0) is 7.78. The van der Waals surface area contributed by atoms with Crippen molar-refractivity contribution in [3.63, 3.8) is 0 Å². The summed E-state index contributed by atoms with van der Waals surface area (Å²) in [5.74, 6) is 0.210. The van der Waals surface area contributed by atoms with E-state index in [4.69, 9.17) is 0 Å². The predicted molar refractivity (Wildman–Crippen MR) is 32.6 cm³/mol. The molecule has 0 nitrogen and oxygen atoms in total. The van der Waals surface area contributed by atoms with Gasteiger partial charge in [0, 0.05) is 6.42 Å². The molecule has 60 valence electrons. The third-order valence-corrected chi connectivity index (χ3v) is 1.98. The van der Waals surface area contributed by atoms with Crippen molar-refractivity contribution in [3.05, 3.63) is 0 Å². The lowest BCUT2D eigenvalue weighted by Gasteiger charge is -2.11. The van der Waals surface area contributed by atoms with Gasteiger partial charge in [0.15, 0.2) is 0 Å². The van der Waals surface area contributed by atoms with E-state index in [0.29, 0.717) is 5.92 Å². The Morgan fingerprint density at radius 1 is 1.40 bits per heavy atom. The van der Waals surface area contributed by atoms with Gasteiger partial charge in [0.1, 0.15) is 0 Å². The highest BCUT2D eigenvalue weighted by molar-refractivity contribution is 4.79.